The average molecular weight is 521 g/mol. The summed E-state index contributed by atoms with van der Waals surface area (Å²) >= 11 is 3.30. The molecule has 0 saturated heterocycles. The third-order valence-corrected chi connectivity index (χ3v) is 5.57. The summed E-state index contributed by atoms with van der Waals surface area (Å²) in [5.74, 6) is -0.497. The van der Waals surface area contributed by atoms with E-state index in [9.17, 15) is 22.8 Å². The van der Waals surface area contributed by atoms with Crippen molar-refractivity contribution in [2.45, 2.75) is 13.1 Å². The average Bonchev–Trinajstić information content (AvgIpc) is 3.15. The minimum atomic E-state index is -4.82. The highest BCUT2D eigenvalue weighted by molar-refractivity contribution is 9.10. The molecule has 0 bridgehead atoms. The van der Waals surface area contributed by atoms with Crippen LogP contribution in [0.1, 0.15) is 21.7 Å². The van der Waals surface area contributed by atoms with Crippen molar-refractivity contribution in [2.75, 3.05) is 12.4 Å². The minimum Gasteiger partial charge on any atom is -0.493 e. The van der Waals surface area contributed by atoms with Gasteiger partial charge in [0.15, 0.2) is 11.4 Å². The van der Waals surface area contributed by atoms with Crippen LogP contribution in [0.5, 0.6) is 5.75 Å². The maximum atomic E-state index is 13.8. The Hall–Kier alpha value is -3.60. The minimum absolute atomic E-state index is 0.0877. The molecule has 0 aliphatic heterocycles. The molecule has 0 atom stereocenters. The molecule has 2 aromatic heterocycles. The first-order valence-corrected chi connectivity index (χ1v) is 10.3. The Morgan fingerprint density at radius 2 is 1.85 bits per heavy atom. The molecule has 2 aromatic carbocycles. The lowest BCUT2D eigenvalue weighted by molar-refractivity contribution is -0.140. The van der Waals surface area contributed by atoms with Gasteiger partial charge in [-0.15, -0.1) is 0 Å². The van der Waals surface area contributed by atoms with Gasteiger partial charge >= 0.3 is 6.18 Å². The number of aryl methyl sites for hydroxylation is 1. The van der Waals surface area contributed by atoms with E-state index < -0.39 is 23.3 Å². The lowest BCUT2D eigenvalue weighted by Crippen LogP contribution is -2.29. The number of para-hydroxylation sites is 1. The number of nitrogens with zero attached hydrogens (tertiary/aromatic N) is 2. The van der Waals surface area contributed by atoms with E-state index in [1.54, 1.807) is 36.4 Å². The van der Waals surface area contributed by atoms with Gasteiger partial charge in [0.05, 0.1) is 22.8 Å². The van der Waals surface area contributed by atoms with Crippen molar-refractivity contribution in [3.05, 3.63) is 80.3 Å². The van der Waals surface area contributed by atoms with Gasteiger partial charge in [-0.2, -0.15) is 22.8 Å². The van der Waals surface area contributed by atoms with E-state index in [0.717, 1.165) is 0 Å². The van der Waals surface area contributed by atoms with Gasteiger partial charge in [-0.05, 0) is 40.5 Å². The number of alkyl halides is 3. The Bertz CT molecular complexity index is 1430. The molecule has 0 saturated carbocycles. The van der Waals surface area contributed by atoms with Gasteiger partial charge < -0.3 is 15.0 Å². The molecule has 0 radical (unpaired) electrons. The van der Waals surface area contributed by atoms with Crippen LogP contribution < -0.4 is 15.6 Å². The highest BCUT2D eigenvalue weighted by Crippen LogP contribution is 2.38. The van der Waals surface area contributed by atoms with Gasteiger partial charge in [0.25, 0.3) is 11.5 Å². The zero-order chi connectivity index (χ0) is 23.9. The van der Waals surface area contributed by atoms with Gasteiger partial charge in [-0.25, -0.2) is 0 Å². The predicted octanol–water partition coefficient (Wildman–Crippen LogP) is 5.04. The third kappa shape index (κ3) is 3.99. The number of carbonyl (C=O) groups excluding carboxylic acids is 1. The first-order valence-electron chi connectivity index (χ1n) is 9.55. The van der Waals surface area contributed by atoms with Crippen LogP contribution in [0.2, 0.25) is 0 Å². The summed E-state index contributed by atoms with van der Waals surface area (Å²) in [6, 6.07) is 12.7. The van der Waals surface area contributed by atoms with Gasteiger partial charge in [-0.1, -0.05) is 36.4 Å². The van der Waals surface area contributed by atoms with E-state index in [-0.39, 0.29) is 33.7 Å². The first-order chi connectivity index (χ1) is 15.6. The van der Waals surface area contributed by atoms with Crippen LogP contribution in [0.15, 0.2) is 57.8 Å². The number of hydrogen-bond acceptors (Lipinski definition) is 4. The fourth-order valence-corrected chi connectivity index (χ4v) is 4.06. The Morgan fingerprint density at radius 3 is 2.48 bits per heavy atom. The number of carbonyl (C=O) groups is 1. The Kier molecular flexibility index (Phi) is 5.75. The summed E-state index contributed by atoms with van der Waals surface area (Å²) in [7, 11) is 1.41. The monoisotopic (exact) mass is 520 g/mol. The molecule has 170 valence electrons. The fourth-order valence-electron chi connectivity index (χ4n) is 3.53. The predicted molar refractivity (Wildman–Crippen MR) is 120 cm³/mol. The zero-order valence-electron chi connectivity index (χ0n) is 17.2. The van der Waals surface area contributed by atoms with Crippen molar-refractivity contribution >= 4 is 33.2 Å². The van der Waals surface area contributed by atoms with Crippen molar-refractivity contribution in [3.63, 3.8) is 0 Å². The van der Waals surface area contributed by atoms with E-state index >= 15 is 0 Å². The number of nitrogens with one attached hydrogen (secondary N) is 2. The highest BCUT2D eigenvalue weighted by Gasteiger charge is 2.39. The SMILES string of the molecule is COc1c(Br)cccc1NC(=O)c1c(C)[nH]c2c(-c3ccccc3)c(C(F)(F)F)nn2c1=O. The van der Waals surface area contributed by atoms with Crippen molar-refractivity contribution < 1.29 is 22.7 Å². The highest BCUT2D eigenvalue weighted by atomic mass is 79.9. The third-order valence-electron chi connectivity index (χ3n) is 4.95. The standard InChI is InChI=1S/C22H16BrF3N4O3/c1-11-15(20(31)28-14-10-6-9-13(23)17(14)33-2)21(32)30-19(27-11)16(12-7-4-3-5-8-12)18(29-30)22(24,25)26/h3-10,27H,1-2H3,(H,28,31). The normalized spacial score (nSPS) is 11.6. The number of methoxy groups -OCH3 is 1. The summed E-state index contributed by atoms with van der Waals surface area (Å²) in [4.78, 5) is 28.9. The number of hydrogen-bond donors (Lipinski definition) is 2. The first kappa shape index (κ1) is 22.6. The summed E-state index contributed by atoms with van der Waals surface area (Å²) in [6.45, 7) is 1.43. The van der Waals surface area contributed by atoms with E-state index in [2.05, 4.69) is 31.3 Å². The number of aromatic amines is 1. The molecule has 0 aliphatic carbocycles. The zero-order valence-corrected chi connectivity index (χ0v) is 18.8. The molecular formula is C22H16BrF3N4O3. The molecule has 7 nitrogen and oxygen atoms in total. The molecule has 0 aliphatic rings. The van der Waals surface area contributed by atoms with Crippen molar-refractivity contribution in [3.8, 4) is 16.9 Å². The summed E-state index contributed by atoms with van der Waals surface area (Å²) in [5.41, 5.74) is -2.43. The molecule has 4 aromatic rings. The smallest absolute Gasteiger partial charge is 0.435 e. The van der Waals surface area contributed by atoms with Crippen molar-refractivity contribution in [1.82, 2.24) is 14.6 Å². The topological polar surface area (TPSA) is 88.5 Å². The molecule has 2 N–H and O–H groups in total. The second-order valence-corrected chi connectivity index (χ2v) is 7.91. The van der Waals surface area contributed by atoms with Crippen molar-refractivity contribution in [2.24, 2.45) is 0 Å². The molecule has 0 unspecified atom stereocenters. The summed E-state index contributed by atoms with van der Waals surface area (Å²) in [5, 5.41) is 6.11. The number of ether oxygens (including phenoxy) is 1. The van der Waals surface area contributed by atoms with Crippen LogP contribution in [0.3, 0.4) is 0 Å². The van der Waals surface area contributed by atoms with E-state index in [1.807, 2.05) is 0 Å². The van der Waals surface area contributed by atoms with Crippen LogP contribution in [-0.4, -0.2) is 27.6 Å². The number of amides is 1. The van der Waals surface area contributed by atoms with Crippen molar-refractivity contribution in [1.29, 1.82) is 0 Å². The molecule has 33 heavy (non-hydrogen) atoms. The number of aromatic nitrogens is 3. The fraction of sp³-hybridized carbons (Fsp3) is 0.136. The van der Waals surface area contributed by atoms with Gasteiger partial charge in [0.2, 0.25) is 0 Å². The van der Waals surface area contributed by atoms with E-state index in [1.165, 1.54) is 26.2 Å². The van der Waals surface area contributed by atoms with E-state index in [0.29, 0.717) is 14.7 Å². The lowest BCUT2D eigenvalue weighted by atomic mass is 10.1. The number of H-pyrrole nitrogens is 1. The Morgan fingerprint density at radius 1 is 1.15 bits per heavy atom. The second kappa shape index (κ2) is 8.39. The van der Waals surface area contributed by atoms with E-state index in [4.69, 9.17) is 4.74 Å². The molecule has 4 rings (SSSR count). The van der Waals surface area contributed by atoms with Crippen LogP contribution in [0, 0.1) is 6.92 Å². The van der Waals surface area contributed by atoms with Gasteiger partial charge in [0.1, 0.15) is 11.2 Å². The second-order valence-electron chi connectivity index (χ2n) is 7.05. The molecule has 0 spiro atoms. The maximum absolute atomic E-state index is 13.8. The van der Waals surface area contributed by atoms with Crippen LogP contribution >= 0.6 is 15.9 Å². The molecular weight excluding hydrogens is 505 g/mol. The molecule has 2 heterocycles. The summed E-state index contributed by atoms with van der Waals surface area (Å²) < 4.78 is 47.8. The van der Waals surface area contributed by atoms with Gasteiger partial charge in [0, 0.05) is 5.69 Å². The maximum Gasteiger partial charge on any atom is 0.435 e. The summed E-state index contributed by atoms with van der Waals surface area (Å²) in [6.07, 6.45) is -4.82. The Balaban J connectivity index is 1.90. The molecule has 0 fully saturated rings. The number of anilines is 1. The molecule has 11 heteroatoms. The Labute approximate surface area is 193 Å². The van der Waals surface area contributed by atoms with Gasteiger partial charge in [-0.3, -0.25) is 9.59 Å². The number of rotatable bonds is 4. The molecule has 1 amide bonds. The largest absolute Gasteiger partial charge is 0.493 e. The van der Waals surface area contributed by atoms with Crippen LogP contribution in [-0.2, 0) is 6.18 Å². The number of fused-ring (bicyclic) bond motifs is 1. The number of halogens is 4. The quantitative estimate of drug-likeness (QED) is 0.394. The van der Waals surface area contributed by atoms with Crippen LogP contribution in [0.25, 0.3) is 16.8 Å². The number of benzene rings is 2. The lowest BCUT2D eigenvalue weighted by Gasteiger charge is -2.12. The van der Waals surface area contributed by atoms with Crippen LogP contribution in [0.4, 0.5) is 18.9 Å².